The minimum Gasteiger partial charge on any atom is -0.394 e. The summed E-state index contributed by atoms with van der Waals surface area (Å²) in [6.45, 7) is 11.2. The van der Waals surface area contributed by atoms with Gasteiger partial charge in [0.15, 0.2) is 0 Å². The fourth-order valence-corrected chi connectivity index (χ4v) is 1.75. The highest BCUT2D eigenvalue weighted by Gasteiger charge is 1.98. The molecule has 0 amide bonds. The highest BCUT2D eigenvalue weighted by molar-refractivity contribution is 4.48. The van der Waals surface area contributed by atoms with Gasteiger partial charge in [-0.15, -0.1) is 0 Å². The molecule has 0 saturated carbocycles. The maximum atomic E-state index is 8.51. The van der Waals surface area contributed by atoms with Crippen LogP contribution in [0, 0.1) is 5.92 Å². The van der Waals surface area contributed by atoms with E-state index in [0.717, 1.165) is 18.9 Å². The Kier molecular flexibility index (Phi) is 21.5. The minimum atomic E-state index is 0.0420. The molecule has 0 aromatic heterocycles. The molecular formula is C18H38O7. The van der Waals surface area contributed by atoms with Crippen LogP contribution in [-0.4, -0.2) is 91.0 Å². The summed E-state index contributed by atoms with van der Waals surface area (Å²) in [5, 5.41) is 8.51. The summed E-state index contributed by atoms with van der Waals surface area (Å²) in [6.07, 6.45) is 2.32. The van der Waals surface area contributed by atoms with Crippen molar-refractivity contribution in [1.82, 2.24) is 0 Å². The topological polar surface area (TPSA) is 75.6 Å². The van der Waals surface area contributed by atoms with Crippen molar-refractivity contribution in [2.24, 2.45) is 5.92 Å². The van der Waals surface area contributed by atoms with Crippen molar-refractivity contribution in [1.29, 1.82) is 0 Å². The quantitative estimate of drug-likeness (QED) is 0.309. The molecule has 152 valence electrons. The molecule has 0 aliphatic heterocycles. The van der Waals surface area contributed by atoms with Crippen molar-refractivity contribution in [3.8, 4) is 0 Å². The Labute approximate surface area is 152 Å². The first-order valence-corrected chi connectivity index (χ1v) is 9.38. The lowest BCUT2D eigenvalue weighted by atomic mass is 10.1. The third-order valence-corrected chi connectivity index (χ3v) is 3.55. The maximum Gasteiger partial charge on any atom is 0.0701 e. The molecule has 25 heavy (non-hydrogen) atoms. The van der Waals surface area contributed by atoms with Gasteiger partial charge in [-0.3, -0.25) is 0 Å². The highest BCUT2D eigenvalue weighted by Crippen LogP contribution is 2.05. The fourth-order valence-electron chi connectivity index (χ4n) is 1.75. The molecule has 0 radical (unpaired) electrons. The number of hydrogen-bond donors (Lipinski definition) is 1. The summed E-state index contributed by atoms with van der Waals surface area (Å²) in [5.41, 5.74) is 0. The summed E-state index contributed by atoms with van der Waals surface area (Å²) >= 11 is 0. The first-order chi connectivity index (χ1) is 12.3. The van der Waals surface area contributed by atoms with Gasteiger partial charge in [0.2, 0.25) is 0 Å². The second-order valence-electron chi connectivity index (χ2n) is 5.70. The molecule has 0 fully saturated rings. The number of rotatable bonds is 21. The molecule has 0 aliphatic rings. The van der Waals surface area contributed by atoms with Gasteiger partial charge in [0.1, 0.15) is 0 Å². The van der Waals surface area contributed by atoms with Gasteiger partial charge in [-0.2, -0.15) is 0 Å². The molecule has 0 aromatic rings. The van der Waals surface area contributed by atoms with E-state index >= 15 is 0 Å². The largest absolute Gasteiger partial charge is 0.394 e. The van der Waals surface area contributed by atoms with Gasteiger partial charge in [-0.1, -0.05) is 20.3 Å². The zero-order valence-corrected chi connectivity index (χ0v) is 16.1. The highest BCUT2D eigenvalue weighted by atomic mass is 16.6. The van der Waals surface area contributed by atoms with Crippen LogP contribution in [-0.2, 0) is 28.4 Å². The lowest BCUT2D eigenvalue weighted by Gasteiger charge is -2.09. The molecule has 0 bridgehead atoms. The van der Waals surface area contributed by atoms with Crippen LogP contribution in [0.2, 0.25) is 0 Å². The van der Waals surface area contributed by atoms with Gasteiger partial charge in [0.05, 0.1) is 79.3 Å². The van der Waals surface area contributed by atoms with E-state index in [1.165, 1.54) is 6.42 Å². The lowest BCUT2D eigenvalue weighted by molar-refractivity contribution is -0.0185. The van der Waals surface area contributed by atoms with Crippen LogP contribution in [0.15, 0.2) is 0 Å². The van der Waals surface area contributed by atoms with Crippen molar-refractivity contribution >= 4 is 0 Å². The van der Waals surface area contributed by atoms with Crippen LogP contribution in [0.5, 0.6) is 0 Å². The van der Waals surface area contributed by atoms with Gasteiger partial charge in [-0.05, 0) is 12.3 Å². The fraction of sp³-hybridized carbons (Fsp3) is 1.00. The van der Waals surface area contributed by atoms with E-state index in [-0.39, 0.29) is 6.61 Å². The number of ether oxygens (including phenoxy) is 6. The Morgan fingerprint density at radius 3 is 1.20 bits per heavy atom. The predicted octanol–water partition coefficient (Wildman–Crippen LogP) is 1.51. The molecule has 0 aromatic carbocycles. The summed E-state index contributed by atoms with van der Waals surface area (Å²) in [5.74, 6) is 0.731. The van der Waals surface area contributed by atoms with Gasteiger partial charge in [-0.25, -0.2) is 0 Å². The summed E-state index contributed by atoms with van der Waals surface area (Å²) in [4.78, 5) is 0. The molecule has 0 spiro atoms. The second-order valence-corrected chi connectivity index (χ2v) is 5.70. The average Bonchev–Trinajstić information content (AvgIpc) is 2.63. The van der Waals surface area contributed by atoms with E-state index in [4.69, 9.17) is 33.5 Å². The van der Waals surface area contributed by atoms with Crippen molar-refractivity contribution in [3.63, 3.8) is 0 Å². The molecule has 1 unspecified atom stereocenters. The van der Waals surface area contributed by atoms with E-state index in [2.05, 4.69) is 13.8 Å². The van der Waals surface area contributed by atoms with E-state index in [0.29, 0.717) is 72.7 Å². The molecule has 1 atom stereocenters. The Hall–Kier alpha value is -0.280. The van der Waals surface area contributed by atoms with Crippen molar-refractivity contribution < 1.29 is 33.5 Å². The molecule has 1 N–H and O–H groups in total. The van der Waals surface area contributed by atoms with Gasteiger partial charge in [0, 0.05) is 6.61 Å². The summed E-state index contributed by atoms with van der Waals surface area (Å²) in [7, 11) is 0. The zero-order chi connectivity index (χ0) is 18.4. The number of aliphatic hydroxyl groups is 1. The molecule has 0 saturated heterocycles. The maximum absolute atomic E-state index is 8.51. The minimum absolute atomic E-state index is 0.0420. The first-order valence-electron chi connectivity index (χ1n) is 9.38. The van der Waals surface area contributed by atoms with Crippen LogP contribution >= 0.6 is 0 Å². The van der Waals surface area contributed by atoms with Crippen LogP contribution in [0.3, 0.4) is 0 Å². The average molecular weight is 366 g/mol. The van der Waals surface area contributed by atoms with Gasteiger partial charge >= 0.3 is 0 Å². The molecular weight excluding hydrogens is 328 g/mol. The third-order valence-electron chi connectivity index (χ3n) is 3.55. The third kappa shape index (κ3) is 21.7. The molecule has 0 heterocycles. The van der Waals surface area contributed by atoms with Crippen LogP contribution in [0.1, 0.15) is 26.7 Å². The van der Waals surface area contributed by atoms with E-state index in [9.17, 15) is 0 Å². The van der Waals surface area contributed by atoms with Crippen molar-refractivity contribution in [2.45, 2.75) is 26.7 Å². The van der Waals surface area contributed by atoms with Crippen molar-refractivity contribution in [2.75, 3.05) is 85.9 Å². The first kappa shape index (κ1) is 24.7. The standard InChI is InChI=1S/C18H38O7/c1-3-18(2)4-6-20-8-10-22-12-14-24-16-17-25-15-13-23-11-9-21-7-5-19/h18-19H,3-17H2,1-2H3. The summed E-state index contributed by atoms with van der Waals surface area (Å²) in [6, 6.07) is 0. The van der Waals surface area contributed by atoms with Crippen molar-refractivity contribution in [3.05, 3.63) is 0 Å². The Bertz CT molecular complexity index is 241. The van der Waals surface area contributed by atoms with Gasteiger partial charge in [0.25, 0.3) is 0 Å². The lowest BCUT2D eigenvalue weighted by Crippen LogP contribution is -2.14. The number of hydrogen-bond acceptors (Lipinski definition) is 7. The zero-order valence-electron chi connectivity index (χ0n) is 16.1. The van der Waals surface area contributed by atoms with Crippen LogP contribution < -0.4 is 0 Å². The molecule has 7 nitrogen and oxygen atoms in total. The van der Waals surface area contributed by atoms with Gasteiger partial charge < -0.3 is 33.5 Å². The summed E-state index contributed by atoms with van der Waals surface area (Å²) < 4.78 is 32.1. The number of aliphatic hydroxyl groups excluding tert-OH is 1. The molecule has 7 heteroatoms. The predicted molar refractivity (Wildman–Crippen MR) is 96.1 cm³/mol. The Morgan fingerprint density at radius 1 is 0.560 bits per heavy atom. The Morgan fingerprint density at radius 2 is 0.880 bits per heavy atom. The van der Waals surface area contributed by atoms with E-state index < -0.39 is 0 Å². The smallest absolute Gasteiger partial charge is 0.0701 e. The van der Waals surface area contributed by atoms with Crippen LogP contribution in [0.25, 0.3) is 0 Å². The SMILES string of the molecule is CCC(C)CCOCCOCCOCCOCCOCCOCCO. The monoisotopic (exact) mass is 366 g/mol. The van der Waals surface area contributed by atoms with Crippen LogP contribution in [0.4, 0.5) is 0 Å². The Balaban J connectivity index is 2.98. The molecule has 0 aliphatic carbocycles. The van der Waals surface area contributed by atoms with E-state index in [1.54, 1.807) is 0 Å². The second kappa shape index (κ2) is 21.8. The normalized spacial score (nSPS) is 12.6. The molecule has 0 rings (SSSR count). The van der Waals surface area contributed by atoms with E-state index in [1.807, 2.05) is 0 Å².